The van der Waals surface area contributed by atoms with Crippen molar-refractivity contribution in [3.63, 3.8) is 0 Å². The Morgan fingerprint density at radius 3 is 1.23 bits per heavy atom. The molecule has 2 amide bonds. The lowest BCUT2D eigenvalue weighted by Crippen LogP contribution is -2.48. The Hall–Kier alpha value is -7.34. The van der Waals surface area contributed by atoms with E-state index in [0.717, 1.165) is 33.4 Å². The number of rotatable bonds is 20. The predicted octanol–water partition coefficient (Wildman–Crippen LogP) is 11.7. The Labute approximate surface area is 439 Å². The molecule has 0 saturated heterocycles. The van der Waals surface area contributed by atoms with E-state index in [-0.39, 0.29) is 23.4 Å². The maximum Gasteiger partial charge on any atom is 0.329 e. The van der Waals surface area contributed by atoms with Crippen molar-refractivity contribution in [3.05, 3.63) is 190 Å². The first-order valence-corrected chi connectivity index (χ1v) is 25.2. The van der Waals surface area contributed by atoms with Crippen LogP contribution < -0.4 is 10.6 Å². The molecule has 2 N–H and O–H groups in total. The van der Waals surface area contributed by atoms with Gasteiger partial charge in [-0.25, -0.2) is 9.59 Å². The molecule has 2 aliphatic carbocycles. The van der Waals surface area contributed by atoms with Crippen molar-refractivity contribution < 1.29 is 38.2 Å². The molecule has 2 heterocycles. The van der Waals surface area contributed by atoms with E-state index in [1.807, 2.05) is 168 Å². The summed E-state index contributed by atoms with van der Waals surface area (Å²) in [5, 5.41) is 5.50. The van der Waals surface area contributed by atoms with E-state index in [1.165, 1.54) is 12.4 Å². The molecule has 0 unspecified atom stereocenters. The van der Waals surface area contributed by atoms with Gasteiger partial charge in [-0.1, -0.05) is 163 Å². The second kappa shape index (κ2) is 27.1. The van der Waals surface area contributed by atoms with E-state index in [0.29, 0.717) is 35.1 Å². The van der Waals surface area contributed by atoms with Gasteiger partial charge in [0, 0.05) is 37.6 Å². The molecule has 0 aromatic carbocycles. The zero-order chi connectivity index (χ0) is 54.9. The van der Waals surface area contributed by atoms with Gasteiger partial charge in [0.1, 0.15) is 12.1 Å². The number of carbonyl (C=O) groups is 6. The molecule has 0 radical (unpaired) electrons. The summed E-state index contributed by atoms with van der Waals surface area (Å²) in [4.78, 5) is 87.4. The summed E-state index contributed by atoms with van der Waals surface area (Å²) >= 11 is 0. The molecule has 0 spiro atoms. The smallest absolute Gasteiger partial charge is 0.329 e. The van der Waals surface area contributed by atoms with Crippen LogP contribution in [0.3, 0.4) is 0 Å². The summed E-state index contributed by atoms with van der Waals surface area (Å²) in [5.74, 6) is -3.20. The zero-order valence-electron chi connectivity index (χ0n) is 45.7. The van der Waals surface area contributed by atoms with Crippen LogP contribution in [0.25, 0.3) is 0 Å². The third-order valence-corrected chi connectivity index (χ3v) is 13.1. The number of allylic oxidation sites excluding steroid dienone is 20. The largest absolute Gasteiger partial charge is 0.452 e. The van der Waals surface area contributed by atoms with Gasteiger partial charge < -0.3 is 20.1 Å². The van der Waals surface area contributed by atoms with Crippen molar-refractivity contribution in [2.45, 2.75) is 134 Å². The highest BCUT2D eigenvalue weighted by Crippen LogP contribution is 2.42. The van der Waals surface area contributed by atoms with Crippen LogP contribution in [0.2, 0.25) is 0 Å². The average Bonchev–Trinajstić information content (AvgIpc) is 3.34. The number of nitrogens with zero attached hydrogens (tertiary/aromatic N) is 2. The third-order valence-electron chi connectivity index (χ3n) is 13.1. The molecular weight excluding hydrogens is 929 g/mol. The minimum atomic E-state index is -0.961. The van der Waals surface area contributed by atoms with Gasteiger partial charge in [-0.3, -0.25) is 29.1 Å². The molecule has 2 aromatic rings. The topological polar surface area (TPSA) is 171 Å². The van der Waals surface area contributed by atoms with Crippen LogP contribution in [0, 0.1) is 22.7 Å². The monoisotopic (exact) mass is 1000 g/mol. The van der Waals surface area contributed by atoms with Crippen molar-refractivity contribution in [1.29, 1.82) is 0 Å². The van der Waals surface area contributed by atoms with Gasteiger partial charge in [0.25, 0.3) is 11.8 Å². The van der Waals surface area contributed by atoms with Crippen LogP contribution in [0.15, 0.2) is 179 Å². The Bertz CT molecular complexity index is 2570. The fourth-order valence-corrected chi connectivity index (χ4v) is 8.62. The second-order valence-electron chi connectivity index (χ2n) is 21.1. The van der Waals surface area contributed by atoms with Crippen LogP contribution in [0.1, 0.15) is 130 Å². The number of hydrogen-bond donors (Lipinski definition) is 2. The molecule has 0 bridgehead atoms. The van der Waals surface area contributed by atoms with Crippen LogP contribution in [-0.2, 0) is 28.7 Å². The molecular formula is C62H76N4O8. The van der Waals surface area contributed by atoms with Crippen LogP contribution in [0.5, 0.6) is 0 Å². The Morgan fingerprint density at radius 1 is 0.568 bits per heavy atom. The minimum absolute atomic E-state index is 0.248. The molecule has 12 nitrogen and oxygen atoms in total. The van der Waals surface area contributed by atoms with Gasteiger partial charge in [0.2, 0.25) is 0 Å². The van der Waals surface area contributed by atoms with Gasteiger partial charge >= 0.3 is 11.9 Å². The summed E-state index contributed by atoms with van der Waals surface area (Å²) in [7, 11) is 0. The van der Waals surface area contributed by atoms with Gasteiger partial charge in [0.15, 0.2) is 23.8 Å². The number of pyridine rings is 2. The van der Waals surface area contributed by atoms with Crippen molar-refractivity contribution >= 4 is 35.3 Å². The van der Waals surface area contributed by atoms with E-state index >= 15 is 0 Å². The molecule has 4 atom stereocenters. The number of Topliss-reactive ketones (excluding diaryl/α,β-unsaturated/α-hetero) is 2. The quantitative estimate of drug-likeness (QED) is 0.0961. The lowest BCUT2D eigenvalue weighted by Gasteiger charge is -2.37. The van der Waals surface area contributed by atoms with E-state index in [9.17, 15) is 28.8 Å². The first-order chi connectivity index (χ1) is 34.8. The molecule has 4 rings (SSSR count). The van der Waals surface area contributed by atoms with Crippen LogP contribution >= 0.6 is 0 Å². The molecule has 0 saturated carbocycles. The molecule has 12 heteroatoms. The minimum Gasteiger partial charge on any atom is -0.452 e. The maximum atomic E-state index is 13.6. The highest BCUT2D eigenvalue weighted by molar-refractivity contribution is 6.03. The van der Waals surface area contributed by atoms with Gasteiger partial charge in [-0.05, 0) is 111 Å². The van der Waals surface area contributed by atoms with Crippen molar-refractivity contribution in [1.82, 2.24) is 20.6 Å². The summed E-state index contributed by atoms with van der Waals surface area (Å²) < 4.78 is 11.6. The average molecular weight is 1010 g/mol. The van der Waals surface area contributed by atoms with E-state index < -0.39 is 58.9 Å². The predicted molar refractivity (Wildman–Crippen MR) is 293 cm³/mol. The summed E-state index contributed by atoms with van der Waals surface area (Å²) in [6.07, 6.45) is 32.6. The molecule has 0 fully saturated rings. The van der Waals surface area contributed by atoms with E-state index in [2.05, 4.69) is 20.6 Å². The molecule has 2 aromatic heterocycles. The van der Waals surface area contributed by atoms with Crippen LogP contribution in [0.4, 0.5) is 0 Å². The summed E-state index contributed by atoms with van der Waals surface area (Å²) in [6, 6.07) is 4.65. The van der Waals surface area contributed by atoms with Crippen molar-refractivity contribution in [2.24, 2.45) is 22.7 Å². The number of nitrogens with one attached hydrogen (secondary N) is 2. The number of esters is 2. The molecule has 74 heavy (non-hydrogen) atoms. The Balaban J connectivity index is 1.29. The highest BCUT2D eigenvalue weighted by Gasteiger charge is 2.43. The second-order valence-corrected chi connectivity index (χ2v) is 21.1. The van der Waals surface area contributed by atoms with E-state index in [1.54, 1.807) is 50.5 Å². The number of amides is 2. The lowest BCUT2D eigenvalue weighted by molar-refractivity contribution is -0.159. The van der Waals surface area contributed by atoms with E-state index in [4.69, 9.17) is 9.47 Å². The fraction of sp³-hybridized carbons (Fsp3) is 0.387. The molecule has 392 valence electrons. The lowest BCUT2D eigenvalue weighted by atomic mass is 9.71. The molecule has 2 aliphatic rings. The molecule has 0 aliphatic heterocycles. The van der Waals surface area contributed by atoms with Gasteiger partial charge in [0.05, 0.1) is 11.1 Å². The fourth-order valence-electron chi connectivity index (χ4n) is 8.62. The Morgan fingerprint density at radius 2 is 0.905 bits per heavy atom. The standard InChI is InChI=1S/C62H76N4O8/c1-39(2)53(65-57(69)47-27-19-33-63-37-47)59(71)73-51-35-61(11,12)49(45(9)55(51)67)31-29-43(7)25-17-23-41(5)21-15-16-22-42(6)24-18-26-44(8)30-32-50-46(10)56(68)52(36-62(50,13)14)74-60(72)54(40(3)4)66-58(70)48-28-20-34-64-38-48/h15-34,37-40,51-54H,35-36H2,1-14H3,(H,65,69)(H,66,70)/b16-15+,23-17+,24-18+,31-29+,32-30+,41-21+,42-22+,43-25+,44-26+/t51-,52-,53-,54-/m0/s1. The first kappa shape index (κ1) is 59.2. The van der Waals surface area contributed by atoms with Crippen LogP contribution in [-0.4, -0.2) is 69.6 Å². The maximum absolute atomic E-state index is 13.6. The van der Waals surface area contributed by atoms with Crippen molar-refractivity contribution in [2.75, 3.05) is 0 Å². The first-order valence-electron chi connectivity index (χ1n) is 25.2. The summed E-state index contributed by atoms with van der Waals surface area (Å²) in [5.41, 5.74) is 6.68. The summed E-state index contributed by atoms with van der Waals surface area (Å²) in [6.45, 7) is 26.9. The number of hydrogen-bond acceptors (Lipinski definition) is 10. The van der Waals surface area contributed by atoms with Gasteiger partial charge in [-0.15, -0.1) is 0 Å². The normalized spacial score (nSPS) is 19.9. The SMILES string of the molecule is CC1=C(/C=C/C(C)=C/C=C/C(C)=C/C=C/C=C(C)/C=C/C=C(C)/C=C/C2=C(C)C(=O)[C@@H](OC(=O)[C@@H](NC(=O)c3cccnc3)C(C)C)CC2(C)C)C(C)(C)C[C@H](OC(=O)[C@@H](NC(=O)c2cccnc2)C(C)C)C1=O. The zero-order valence-corrected chi connectivity index (χ0v) is 45.7. The number of carbonyl (C=O) groups excluding carboxylic acids is 6. The Kier molecular flexibility index (Phi) is 21.7. The van der Waals surface area contributed by atoms with Crippen molar-refractivity contribution in [3.8, 4) is 0 Å². The number of aromatic nitrogens is 2. The highest BCUT2D eigenvalue weighted by atomic mass is 16.6. The number of ketones is 2. The van der Waals surface area contributed by atoms with Gasteiger partial charge in [-0.2, -0.15) is 0 Å². The third kappa shape index (κ3) is 17.1. The number of ether oxygens (including phenoxy) is 2.